The topological polar surface area (TPSA) is 78.3 Å². The highest BCUT2D eigenvalue weighted by Crippen LogP contribution is 2.24. The zero-order valence-electron chi connectivity index (χ0n) is 15.0. The SMILES string of the molecule is O=C(O)C(Cc1c[nH]c2ccccc12)NCc1ccc(-c2ccc(Br)cc2)o1. The Labute approximate surface area is 170 Å². The number of carbonyl (C=O) groups is 1. The van der Waals surface area contributed by atoms with Gasteiger partial charge in [0.05, 0.1) is 6.54 Å². The fourth-order valence-electron chi connectivity index (χ4n) is 3.23. The molecule has 6 heteroatoms. The molecule has 4 aromatic rings. The number of carboxylic acid groups (broad SMARTS) is 1. The van der Waals surface area contributed by atoms with Gasteiger partial charge in [-0.25, -0.2) is 0 Å². The van der Waals surface area contributed by atoms with E-state index < -0.39 is 12.0 Å². The van der Waals surface area contributed by atoms with E-state index in [9.17, 15) is 9.90 Å². The Bertz CT molecular complexity index is 1100. The van der Waals surface area contributed by atoms with E-state index in [1.807, 2.05) is 66.9 Å². The van der Waals surface area contributed by atoms with Crippen LogP contribution in [0.25, 0.3) is 22.2 Å². The smallest absolute Gasteiger partial charge is 0.321 e. The van der Waals surface area contributed by atoms with Gasteiger partial charge in [0.15, 0.2) is 0 Å². The molecule has 0 aliphatic heterocycles. The fourth-order valence-corrected chi connectivity index (χ4v) is 3.50. The second-order valence-corrected chi connectivity index (χ2v) is 7.52. The first-order chi connectivity index (χ1) is 13.6. The molecule has 0 aliphatic carbocycles. The molecule has 4 rings (SSSR count). The fraction of sp³-hybridized carbons (Fsp3) is 0.136. The van der Waals surface area contributed by atoms with Gasteiger partial charge >= 0.3 is 5.97 Å². The lowest BCUT2D eigenvalue weighted by molar-refractivity contribution is -0.139. The molecule has 2 heterocycles. The van der Waals surface area contributed by atoms with E-state index in [2.05, 4.69) is 26.2 Å². The number of fused-ring (bicyclic) bond motifs is 1. The molecule has 28 heavy (non-hydrogen) atoms. The molecule has 142 valence electrons. The van der Waals surface area contributed by atoms with E-state index in [1.165, 1.54) is 0 Å². The number of hydrogen-bond donors (Lipinski definition) is 3. The maximum Gasteiger partial charge on any atom is 0.321 e. The first-order valence-corrected chi connectivity index (χ1v) is 9.75. The van der Waals surface area contributed by atoms with E-state index in [4.69, 9.17) is 4.42 Å². The number of rotatable bonds is 7. The number of aromatic amines is 1. The number of halogens is 1. The third-order valence-electron chi connectivity index (χ3n) is 4.71. The Morgan fingerprint density at radius 1 is 1.11 bits per heavy atom. The molecule has 0 aliphatic rings. The molecule has 2 aromatic heterocycles. The molecule has 0 saturated heterocycles. The Kier molecular flexibility index (Phi) is 5.32. The second kappa shape index (κ2) is 8.04. The van der Waals surface area contributed by atoms with Crippen molar-refractivity contribution in [2.24, 2.45) is 0 Å². The quantitative estimate of drug-likeness (QED) is 0.380. The number of furan rings is 1. The molecule has 1 atom stereocenters. The summed E-state index contributed by atoms with van der Waals surface area (Å²) in [4.78, 5) is 14.9. The molecule has 0 saturated carbocycles. The van der Waals surface area contributed by atoms with Crippen LogP contribution in [0.3, 0.4) is 0 Å². The molecule has 2 aromatic carbocycles. The number of para-hydroxylation sites is 1. The zero-order chi connectivity index (χ0) is 19.5. The summed E-state index contributed by atoms with van der Waals surface area (Å²) in [6, 6.07) is 18.8. The summed E-state index contributed by atoms with van der Waals surface area (Å²) in [5, 5.41) is 13.8. The number of aliphatic carboxylic acids is 1. The van der Waals surface area contributed by atoms with Crippen LogP contribution in [0.1, 0.15) is 11.3 Å². The second-order valence-electron chi connectivity index (χ2n) is 6.61. The Balaban J connectivity index is 1.44. The molecule has 1 unspecified atom stereocenters. The number of benzene rings is 2. The Morgan fingerprint density at radius 2 is 1.89 bits per heavy atom. The van der Waals surface area contributed by atoms with Gasteiger partial charge in [-0.2, -0.15) is 0 Å². The van der Waals surface area contributed by atoms with Gasteiger partial charge in [0.2, 0.25) is 0 Å². The highest BCUT2D eigenvalue weighted by Gasteiger charge is 2.20. The van der Waals surface area contributed by atoms with E-state index >= 15 is 0 Å². The van der Waals surface area contributed by atoms with Gasteiger partial charge in [-0.3, -0.25) is 10.1 Å². The summed E-state index contributed by atoms with van der Waals surface area (Å²) in [7, 11) is 0. The lowest BCUT2D eigenvalue weighted by atomic mass is 10.0. The highest BCUT2D eigenvalue weighted by molar-refractivity contribution is 9.10. The van der Waals surface area contributed by atoms with Crippen LogP contribution in [0.2, 0.25) is 0 Å². The van der Waals surface area contributed by atoms with E-state index in [0.717, 1.165) is 32.3 Å². The first-order valence-electron chi connectivity index (χ1n) is 8.96. The molecule has 0 fully saturated rings. The van der Waals surface area contributed by atoms with Crippen molar-refractivity contribution in [3.63, 3.8) is 0 Å². The first kappa shape index (κ1) is 18.5. The monoisotopic (exact) mass is 438 g/mol. The minimum Gasteiger partial charge on any atom is -0.480 e. The third kappa shape index (κ3) is 4.03. The minimum atomic E-state index is -0.884. The number of nitrogens with one attached hydrogen (secondary N) is 2. The maximum atomic E-state index is 11.7. The van der Waals surface area contributed by atoms with Gasteiger partial charge in [0, 0.05) is 33.6 Å². The molecule has 3 N–H and O–H groups in total. The summed E-state index contributed by atoms with van der Waals surface area (Å²) in [6.07, 6.45) is 2.26. The average molecular weight is 439 g/mol. The lowest BCUT2D eigenvalue weighted by Crippen LogP contribution is -2.37. The van der Waals surface area contributed by atoms with Crippen LogP contribution in [0.15, 0.2) is 75.8 Å². The number of hydrogen-bond acceptors (Lipinski definition) is 3. The van der Waals surface area contributed by atoms with Gasteiger partial charge < -0.3 is 14.5 Å². The van der Waals surface area contributed by atoms with Gasteiger partial charge in [0.1, 0.15) is 17.6 Å². The van der Waals surface area contributed by atoms with E-state index in [1.54, 1.807) is 0 Å². The highest BCUT2D eigenvalue weighted by atomic mass is 79.9. The van der Waals surface area contributed by atoms with Crippen molar-refractivity contribution in [1.29, 1.82) is 0 Å². The number of carboxylic acids is 1. The normalized spacial score (nSPS) is 12.3. The van der Waals surface area contributed by atoms with Crippen LogP contribution in [-0.2, 0) is 17.8 Å². The summed E-state index contributed by atoms with van der Waals surface area (Å²) >= 11 is 3.42. The minimum absolute atomic E-state index is 0.343. The molecular weight excluding hydrogens is 420 g/mol. The van der Waals surface area contributed by atoms with Gasteiger partial charge in [-0.15, -0.1) is 0 Å². The van der Waals surface area contributed by atoms with Gasteiger partial charge in [-0.1, -0.05) is 46.3 Å². The molecule has 0 bridgehead atoms. The van der Waals surface area contributed by atoms with E-state index in [-0.39, 0.29) is 0 Å². The van der Waals surface area contributed by atoms with Crippen molar-refractivity contribution < 1.29 is 14.3 Å². The van der Waals surface area contributed by atoms with Crippen LogP contribution in [-0.4, -0.2) is 22.1 Å². The standard InChI is InChI=1S/C22H19BrN2O3/c23-16-7-5-14(6-8-16)21-10-9-17(28-21)13-25-20(22(26)27)11-15-12-24-19-4-2-1-3-18(15)19/h1-10,12,20,24-25H,11,13H2,(H,26,27). The van der Waals surface area contributed by atoms with Crippen LogP contribution in [0, 0.1) is 0 Å². The number of aromatic nitrogens is 1. The summed E-state index contributed by atoms with van der Waals surface area (Å²) < 4.78 is 6.87. The summed E-state index contributed by atoms with van der Waals surface area (Å²) in [5.41, 5.74) is 2.96. The van der Waals surface area contributed by atoms with Crippen LogP contribution in [0.5, 0.6) is 0 Å². The Morgan fingerprint density at radius 3 is 2.68 bits per heavy atom. The summed E-state index contributed by atoms with van der Waals surface area (Å²) in [5.74, 6) is 0.570. The molecule has 0 radical (unpaired) electrons. The van der Waals surface area contributed by atoms with Crippen molar-refractivity contribution >= 4 is 32.8 Å². The Hall–Kier alpha value is -2.83. The average Bonchev–Trinajstić information content (AvgIpc) is 3.33. The largest absolute Gasteiger partial charge is 0.480 e. The van der Waals surface area contributed by atoms with Crippen LogP contribution >= 0.6 is 15.9 Å². The predicted molar refractivity (Wildman–Crippen MR) is 112 cm³/mol. The predicted octanol–water partition coefficient (Wildman–Crippen LogP) is 4.98. The molecule has 0 spiro atoms. The third-order valence-corrected chi connectivity index (χ3v) is 5.24. The van der Waals surface area contributed by atoms with Gasteiger partial charge in [-0.05, 0) is 35.9 Å². The van der Waals surface area contributed by atoms with Crippen molar-refractivity contribution in [2.45, 2.75) is 19.0 Å². The maximum absolute atomic E-state index is 11.7. The van der Waals surface area contributed by atoms with Crippen LogP contribution < -0.4 is 5.32 Å². The van der Waals surface area contributed by atoms with Gasteiger partial charge in [0.25, 0.3) is 0 Å². The lowest BCUT2D eigenvalue weighted by Gasteiger charge is -2.13. The van der Waals surface area contributed by atoms with Crippen LogP contribution in [0.4, 0.5) is 0 Å². The molecule has 0 amide bonds. The molecular formula is C22H19BrN2O3. The van der Waals surface area contributed by atoms with E-state index in [0.29, 0.717) is 18.7 Å². The van der Waals surface area contributed by atoms with Crippen molar-refractivity contribution in [3.05, 3.63) is 82.7 Å². The van der Waals surface area contributed by atoms with Crippen molar-refractivity contribution in [3.8, 4) is 11.3 Å². The van der Waals surface area contributed by atoms with Crippen molar-refractivity contribution in [1.82, 2.24) is 10.3 Å². The number of H-pyrrole nitrogens is 1. The van der Waals surface area contributed by atoms with Crippen molar-refractivity contribution in [2.75, 3.05) is 0 Å². The summed E-state index contributed by atoms with van der Waals surface area (Å²) in [6.45, 7) is 0.343. The zero-order valence-corrected chi connectivity index (χ0v) is 16.6. The molecule has 5 nitrogen and oxygen atoms in total.